The largest absolute Gasteiger partial charge is 0.481 e. The topological polar surface area (TPSA) is 96.5 Å². The van der Waals surface area contributed by atoms with Gasteiger partial charge in [-0.25, -0.2) is 0 Å². The molecule has 1 saturated heterocycles. The minimum Gasteiger partial charge on any atom is -0.481 e. The highest BCUT2D eigenvalue weighted by atomic mass is 32.1. The number of rotatable bonds is 5. The zero-order valence-electron chi connectivity index (χ0n) is 12.6. The number of aliphatic carboxylic acids is 1. The molecule has 0 radical (unpaired) electrons. The van der Waals surface area contributed by atoms with Gasteiger partial charge in [-0.05, 0) is 17.4 Å². The average molecular weight is 335 g/mol. The fourth-order valence-electron chi connectivity index (χ4n) is 2.73. The summed E-state index contributed by atoms with van der Waals surface area (Å²) in [5.74, 6) is -0.477. The molecular formula is C15H17N3O4S. The summed E-state index contributed by atoms with van der Waals surface area (Å²) in [6.07, 6.45) is 0.600. The molecule has 1 N–H and O–H groups in total. The Morgan fingerprint density at radius 2 is 2.30 bits per heavy atom. The molecule has 0 aromatic carbocycles. The molecule has 2 atom stereocenters. The number of likely N-dealkylation sites (tertiary alicyclic amines) is 1. The van der Waals surface area contributed by atoms with Gasteiger partial charge in [0.2, 0.25) is 17.6 Å². The van der Waals surface area contributed by atoms with Crippen LogP contribution in [0.2, 0.25) is 0 Å². The van der Waals surface area contributed by atoms with Gasteiger partial charge in [0.1, 0.15) is 0 Å². The van der Waals surface area contributed by atoms with Crippen LogP contribution >= 0.6 is 11.3 Å². The Labute approximate surface area is 136 Å². The van der Waals surface area contributed by atoms with Gasteiger partial charge in [0.05, 0.1) is 5.92 Å². The molecule has 1 aliphatic heterocycles. The number of carboxylic acids is 1. The van der Waals surface area contributed by atoms with Crippen molar-refractivity contribution in [2.75, 3.05) is 13.1 Å². The molecule has 1 fully saturated rings. The molecule has 23 heavy (non-hydrogen) atoms. The lowest BCUT2D eigenvalue weighted by Crippen LogP contribution is -2.30. The first-order valence-electron chi connectivity index (χ1n) is 7.40. The maximum Gasteiger partial charge on any atom is 0.308 e. The predicted octanol–water partition coefficient (Wildman–Crippen LogP) is 1.91. The zero-order chi connectivity index (χ0) is 16.4. The third kappa shape index (κ3) is 3.42. The first kappa shape index (κ1) is 15.7. The van der Waals surface area contributed by atoms with Crippen molar-refractivity contribution >= 4 is 23.2 Å². The summed E-state index contributed by atoms with van der Waals surface area (Å²) < 4.78 is 5.16. The van der Waals surface area contributed by atoms with E-state index in [9.17, 15) is 9.59 Å². The van der Waals surface area contributed by atoms with Crippen LogP contribution in [0.1, 0.15) is 19.2 Å². The van der Waals surface area contributed by atoms with Gasteiger partial charge in [0.15, 0.2) is 0 Å². The Morgan fingerprint density at radius 1 is 1.48 bits per heavy atom. The van der Waals surface area contributed by atoms with Gasteiger partial charge in [0, 0.05) is 36.9 Å². The Hall–Kier alpha value is -2.22. The molecule has 122 valence electrons. The lowest BCUT2D eigenvalue weighted by atomic mass is 9.99. The molecular weight excluding hydrogens is 318 g/mol. The van der Waals surface area contributed by atoms with Crippen molar-refractivity contribution in [3.8, 4) is 11.4 Å². The van der Waals surface area contributed by atoms with Crippen molar-refractivity contribution in [1.29, 1.82) is 0 Å². The molecule has 2 aromatic rings. The number of thiophene rings is 1. The third-order valence-electron chi connectivity index (χ3n) is 4.08. The maximum atomic E-state index is 12.2. The van der Waals surface area contributed by atoms with Crippen LogP contribution in [0.5, 0.6) is 0 Å². The predicted molar refractivity (Wildman–Crippen MR) is 82.8 cm³/mol. The molecule has 1 aliphatic rings. The number of amides is 1. The van der Waals surface area contributed by atoms with Crippen LogP contribution in [0.15, 0.2) is 21.3 Å². The molecule has 0 saturated carbocycles. The van der Waals surface area contributed by atoms with Crippen LogP contribution in [0.3, 0.4) is 0 Å². The monoisotopic (exact) mass is 335 g/mol. The second kappa shape index (κ2) is 6.49. The van der Waals surface area contributed by atoms with Crippen LogP contribution < -0.4 is 0 Å². The van der Waals surface area contributed by atoms with Gasteiger partial charge in [-0.15, -0.1) is 0 Å². The summed E-state index contributed by atoms with van der Waals surface area (Å²) in [5.41, 5.74) is 0.897. The van der Waals surface area contributed by atoms with Gasteiger partial charge in [-0.3, -0.25) is 9.59 Å². The zero-order valence-corrected chi connectivity index (χ0v) is 13.5. The van der Waals surface area contributed by atoms with E-state index in [0.29, 0.717) is 24.7 Å². The van der Waals surface area contributed by atoms with Crippen LogP contribution in [0.4, 0.5) is 0 Å². The molecule has 0 spiro atoms. The van der Waals surface area contributed by atoms with Crippen LogP contribution in [0.25, 0.3) is 11.4 Å². The normalized spacial score (nSPS) is 20.8. The Morgan fingerprint density at radius 3 is 2.96 bits per heavy atom. The van der Waals surface area contributed by atoms with Crippen LogP contribution in [-0.2, 0) is 16.0 Å². The molecule has 1 amide bonds. The van der Waals surface area contributed by atoms with Crippen molar-refractivity contribution in [3.63, 3.8) is 0 Å². The summed E-state index contributed by atoms with van der Waals surface area (Å²) in [6, 6.07) is 1.90. The highest BCUT2D eigenvalue weighted by molar-refractivity contribution is 7.08. The SMILES string of the molecule is C[C@@H]1CN(C(=O)CCc2nc(-c3ccsc3)no2)C[C@H]1C(=O)O. The van der Waals surface area contributed by atoms with E-state index < -0.39 is 11.9 Å². The Bertz CT molecular complexity index is 697. The van der Waals surface area contributed by atoms with E-state index in [1.165, 1.54) is 0 Å². The summed E-state index contributed by atoms with van der Waals surface area (Å²) in [6.45, 7) is 2.62. The maximum absolute atomic E-state index is 12.2. The molecule has 2 aromatic heterocycles. The number of aromatic nitrogens is 2. The molecule has 3 rings (SSSR count). The summed E-state index contributed by atoms with van der Waals surface area (Å²) in [5, 5.41) is 16.9. The minimum absolute atomic E-state index is 0.0231. The quantitative estimate of drug-likeness (QED) is 0.896. The summed E-state index contributed by atoms with van der Waals surface area (Å²) in [4.78, 5) is 29.2. The van der Waals surface area contributed by atoms with Gasteiger partial charge < -0.3 is 14.5 Å². The lowest BCUT2D eigenvalue weighted by Gasteiger charge is -2.15. The summed E-state index contributed by atoms with van der Waals surface area (Å²) in [7, 11) is 0. The van der Waals surface area contributed by atoms with Crippen LogP contribution in [0, 0.1) is 11.8 Å². The van der Waals surface area contributed by atoms with E-state index in [0.717, 1.165) is 5.56 Å². The van der Waals surface area contributed by atoms with E-state index in [1.54, 1.807) is 16.2 Å². The first-order valence-corrected chi connectivity index (χ1v) is 8.34. The van der Waals surface area contributed by atoms with Crippen molar-refractivity contribution < 1.29 is 19.2 Å². The van der Waals surface area contributed by atoms with E-state index in [4.69, 9.17) is 9.63 Å². The van der Waals surface area contributed by atoms with Crippen molar-refractivity contribution in [3.05, 3.63) is 22.7 Å². The third-order valence-corrected chi connectivity index (χ3v) is 4.77. The Balaban J connectivity index is 1.55. The molecule has 0 bridgehead atoms. The van der Waals surface area contributed by atoms with E-state index in [1.807, 2.05) is 23.8 Å². The van der Waals surface area contributed by atoms with Gasteiger partial charge in [-0.1, -0.05) is 12.1 Å². The number of hydrogen-bond donors (Lipinski definition) is 1. The van der Waals surface area contributed by atoms with Crippen molar-refractivity contribution in [2.24, 2.45) is 11.8 Å². The van der Waals surface area contributed by atoms with Gasteiger partial charge in [0.25, 0.3) is 0 Å². The molecule has 8 heteroatoms. The second-order valence-electron chi connectivity index (χ2n) is 5.74. The number of carboxylic acid groups (broad SMARTS) is 1. The number of aryl methyl sites for hydroxylation is 1. The number of carbonyl (C=O) groups excluding carboxylic acids is 1. The van der Waals surface area contributed by atoms with E-state index >= 15 is 0 Å². The smallest absolute Gasteiger partial charge is 0.308 e. The minimum atomic E-state index is -0.842. The first-order chi connectivity index (χ1) is 11.0. The van der Waals surface area contributed by atoms with Gasteiger partial charge in [-0.2, -0.15) is 16.3 Å². The van der Waals surface area contributed by atoms with Crippen molar-refractivity contribution in [1.82, 2.24) is 15.0 Å². The molecule has 0 unspecified atom stereocenters. The second-order valence-corrected chi connectivity index (χ2v) is 6.52. The lowest BCUT2D eigenvalue weighted by molar-refractivity contribution is -0.142. The van der Waals surface area contributed by atoms with Crippen LogP contribution in [-0.4, -0.2) is 45.1 Å². The van der Waals surface area contributed by atoms with Crippen molar-refractivity contribution in [2.45, 2.75) is 19.8 Å². The highest BCUT2D eigenvalue weighted by Gasteiger charge is 2.36. The fraction of sp³-hybridized carbons (Fsp3) is 0.467. The van der Waals surface area contributed by atoms with Gasteiger partial charge >= 0.3 is 5.97 Å². The number of hydrogen-bond acceptors (Lipinski definition) is 6. The molecule has 3 heterocycles. The Kier molecular flexibility index (Phi) is 4.42. The van der Waals surface area contributed by atoms with E-state index in [-0.39, 0.29) is 24.8 Å². The molecule has 7 nitrogen and oxygen atoms in total. The summed E-state index contributed by atoms with van der Waals surface area (Å²) >= 11 is 1.55. The average Bonchev–Trinajstić information content (AvgIpc) is 3.24. The highest BCUT2D eigenvalue weighted by Crippen LogP contribution is 2.24. The number of nitrogens with zero attached hydrogens (tertiary/aromatic N) is 3. The molecule has 0 aliphatic carbocycles. The van der Waals surface area contributed by atoms with E-state index in [2.05, 4.69) is 10.1 Å². The fourth-order valence-corrected chi connectivity index (χ4v) is 3.36. The standard InChI is InChI=1S/C15H17N3O4S/c1-9-6-18(7-11(9)15(20)21)13(19)3-2-12-16-14(17-22-12)10-4-5-23-8-10/h4-5,8-9,11H,2-3,6-7H2,1H3,(H,20,21)/t9-,11-/m1/s1. The number of carbonyl (C=O) groups is 2.